The maximum atomic E-state index is 12.8. The summed E-state index contributed by atoms with van der Waals surface area (Å²) in [7, 11) is 1.92. The highest BCUT2D eigenvalue weighted by Crippen LogP contribution is 2.34. The van der Waals surface area contributed by atoms with Crippen LogP contribution in [0.2, 0.25) is 0 Å². The van der Waals surface area contributed by atoms with Crippen LogP contribution in [0.25, 0.3) is 0 Å². The number of halogens is 1. The largest absolute Gasteiger partial charge is 0.341 e. The van der Waals surface area contributed by atoms with Crippen LogP contribution in [0.4, 0.5) is 0 Å². The van der Waals surface area contributed by atoms with Crippen LogP contribution in [-0.2, 0) is 11.3 Å². The zero-order valence-electron chi connectivity index (χ0n) is 12.3. The van der Waals surface area contributed by atoms with Gasteiger partial charge in [0.2, 0.25) is 5.91 Å². The highest BCUT2D eigenvalue weighted by molar-refractivity contribution is 9.10. The molecule has 4 heteroatoms. The molecule has 1 N–H and O–H groups in total. The summed E-state index contributed by atoms with van der Waals surface area (Å²) in [6.45, 7) is 4.72. The van der Waals surface area contributed by atoms with Gasteiger partial charge in [0.25, 0.3) is 0 Å². The lowest BCUT2D eigenvalue weighted by atomic mass is 9.75. The summed E-state index contributed by atoms with van der Waals surface area (Å²) in [6, 6.07) is 8.17. The van der Waals surface area contributed by atoms with E-state index >= 15 is 0 Å². The zero-order chi connectivity index (χ0) is 14.6. The van der Waals surface area contributed by atoms with Crippen LogP contribution in [0.1, 0.15) is 31.7 Å². The molecule has 0 saturated carbocycles. The van der Waals surface area contributed by atoms with Crippen LogP contribution in [0, 0.1) is 5.41 Å². The first-order valence-corrected chi connectivity index (χ1v) is 8.07. The Labute approximate surface area is 129 Å². The average Bonchev–Trinajstić information content (AvgIpc) is 2.49. The molecule has 1 fully saturated rings. The predicted octanol–water partition coefficient (Wildman–Crippen LogP) is 3.19. The molecule has 1 saturated heterocycles. The lowest BCUT2D eigenvalue weighted by Crippen LogP contribution is -2.47. The van der Waals surface area contributed by atoms with Crippen molar-refractivity contribution in [1.82, 2.24) is 10.2 Å². The number of hydrogen-bond donors (Lipinski definition) is 1. The summed E-state index contributed by atoms with van der Waals surface area (Å²) in [5, 5.41) is 3.35. The van der Waals surface area contributed by atoms with Crippen molar-refractivity contribution in [3.63, 3.8) is 0 Å². The van der Waals surface area contributed by atoms with Crippen LogP contribution in [0.3, 0.4) is 0 Å². The van der Waals surface area contributed by atoms with E-state index in [-0.39, 0.29) is 5.41 Å². The summed E-state index contributed by atoms with van der Waals surface area (Å²) < 4.78 is 1.07. The van der Waals surface area contributed by atoms with Crippen molar-refractivity contribution >= 4 is 21.8 Å². The second-order valence-electron chi connectivity index (χ2n) is 5.67. The topological polar surface area (TPSA) is 32.3 Å². The van der Waals surface area contributed by atoms with E-state index in [9.17, 15) is 4.79 Å². The lowest BCUT2D eigenvalue weighted by Gasteiger charge is -2.38. The quantitative estimate of drug-likeness (QED) is 0.914. The summed E-state index contributed by atoms with van der Waals surface area (Å²) in [5.41, 5.74) is 1.01. The van der Waals surface area contributed by atoms with Crippen molar-refractivity contribution in [1.29, 1.82) is 0 Å². The maximum absolute atomic E-state index is 12.8. The molecule has 1 amide bonds. The standard InChI is InChI=1S/C16H23BrN2O/c1-3-16(8-10-18-11-9-16)15(20)19(2)12-13-4-6-14(17)7-5-13/h4-7,18H,3,8-12H2,1-2H3. The van der Waals surface area contributed by atoms with Crippen molar-refractivity contribution < 1.29 is 4.79 Å². The minimum atomic E-state index is -0.157. The smallest absolute Gasteiger partial charge is 0.228 e. The van der Waals surface area contributed by atoms with Gasteiger partial charge < -0.3 is 10.2 Å². The van der Waals surface area contributed by atoms with Gasteiger partial charge in [0.05, 0.1) is 5.41 Å². The summed E-state index contributed by atoms with van der Waals surface area (Å²) in [5.74, 6) is 0.296. The molecule has 2 rings (SSSR count). The average molecular weight is 339 g/mol. The van der Waals surface area contributed by atoms with Crippen molar-refractivity contribution in [3.05, 3.63) is 34.3 Å². The van der Waals surface area contributed by atoms with Crippen LogP contribution in [-0.4, -0.2) is 30.9 Å². The minimum absolute atomic E-state index is 0.157. The molecule has 0 spiro atoms. The molecule has 1 aliphatic rings. The minimum Gasteiger partial charge on any atom is -0.341 e. The SMILES string of the molecule is CCC1(C(=O)N(C)Cc2ccc(Br)cc2)CCNCC1. The molecule has 20 heavy (non-hydrogen) atoms. The molecule has 0 radical (unpaired) electrons. The Morgan fingerprint density at radius 3 is 2.45 bits per heavy atom. The van der Waals surface area contributed by atoms with E-state index in [1.807, 2.05) is 24.1 Å². The van der Waals surface area contributed by atoms with Crippen LogP contribution in [0.15, 0.2) is 28.7 Å². The number of piperidine rings is 1. The second-order valence-corrected chi connectivity index (χ2v) is 6.59. The first-order valence-electron chi connectivity index (χ1n) is 7.28. The van der Waals surface area contributed by atoms with Crippen LogP contribution >= 0.6 is 15.9 Å². The van der Waals surface area contributed by atoms with Crippen molar-refractivity contribution in [2.75, 3.05) is 20.1 Å². The molecule has 1 heterocycles. The number of benzene rings is 1. The number of nitrogens with one attached hydrogen (secondary N) is 1. The van der Waals surface area contributed by atoms with Gasteiger partial charge in [0, 0.05) is 18.1 Å². The van der Waals surface area contributed by atoms with E-state index in [1.165, 1.54) is 5.56 Å². The molecule has 0 aliphatic carbocycles. The molecule has 110 valence electrons. The van der Waals surface area contributed by atoms with Gasteiger partial charge in [-0.05, 0) is 50.0 Å². The monoisotopic (exact) mass is 338 g/mol. The molecule has 0 bridgehead atoms. The molecule has 0 atom stereocenters. The van der Waals surface area contributed by atoms with Gasteiger partial charge in [-0.15, -0.1) is 0 Å². The Morgan fingerprint density at radius 2 is 1.90 bits per heavy atom. The summed E-state index contributed by atoms with van der Waals surface area (Å²) >= 11 is 3.44. The maximum Gasteiger partial charge on any atom is 0.228 e. The van der Waals surface area contributed by atoms with Gasteiger partial charge in [-0.1, -0.05) is 35.0 Å². The molecule has 0 aromatic heterocycles. The molecular weight excluding hydrogens is 316 g/mol. The lowest BCUT2D eigenvalue weighted by molar-refractivity contribution is -0.143. The number of carbonyl (C=O) groups excluding carboxylic acids is 1. The molecular formula is C16H23BrN2O. The Hall–Kier alpha value is -0.870. The number of hydrogen-bond acceptors (Lipinski definition) is 2. The van der Waals surface area contributed by atoms with Crippen molar-refractivity contribution in [2.45, 2.75) is 32.7 Å². The Morgan fingerprint density at radius 1 is 1.30 bits per heavy atom. The highest BCUT2D eigenvalue weighted by atomic mass is 79.9. The molecule has 1 aliphatic heterocycles. The van der Waals surface area contributed by atoms with E-state index < -0.39 is 0 Å². The normalized spacial score (nSPS) is 17.8. The van der Waals surface area contributed by atoms with E-state index in [0.717, 1.165) is 36.8 Å². The zero-order valence-corrected chi connectivity index (χ0v) is 13.9. The van der Waals surface area contributed by atoms with Gasteiger partial charge in [-0.3, -0.25) is 4.79 Å². The van der Waals surface area contributed by atoms with Gasteiger partial charge in [0.15, 0.2) is 0 Å². The first-order chi connectivity index (χ1) is 9.57. The number of amides is 1. The number of carbonyl (C=O) groups is 1. The van der Waals surface area contributed by atoms with Gasteiger partial charge in [-0.25, -0.2) is 0 Å². The number of rotatable bonds is 4. The highest BCUT2D eigenvalue weighted by Gasteiger charge is 2.39. The Bertz CT molecular complexity index is 452. The fourth-order valence-corrected chi connectivity index (χ4v) is 3.23. The Kier molecular flexibility index (Phi) is 5.22. The van der Waals surface area contributed by atoms with Gasteiger partial charge in [-0.2, -0.15) is 0 Å². The van der Waals surface area contributed by atoms with E-state index in [0.29, 0.717) is 12.5 Å². The van der Waals surface area contributed by atoms with Crippen molar-refractivity contribution in [3.8, 4) is 0 Å². The third kappa shape index (κ3) is 3.41. The van der Waals surface area contributed by atoms with Crippen molar-refractivity contribution in [2.24, 2.45) is 5.41 Å². The molecule has 0 unspecified atom stereocenters. The Balaban J connectivity index is 2.05. The molecule has 1 aromatic carbocycles. The van der Waals surface area contributed by atoms with E-state index in [4.69, 9.17) is 0 Å². The molecule has 1 aromatic rings. The predicted molar refractivity (Wildman–Crippen MR) is 85.4 cm³/mol. The van der Waals surface area contributed by atoms with Crippen LogP contribution in [0.5, 0.6) is 0 Å². The second kappa shape index (κ2) is 6.72. The molecule has 3 nitrogen and oxygen atoms in total. The third-order valence-corrected chi connectivity index (χ3v) is 4.90. The third-order valence-electron chi connectivity index (χ3n) is 4.37. The first kappa shape index (κ1) is 15.5. The van der Waals surface area contributed by atoms with E-state index in [1.54, 1.807) is 0 Å². The summed E-state index contributed by atoms with van der Waals surface area (Å²) in [4.78, 5) is 14.7. The van der Waals surface area contributed by atoms with Crippen LogP contribution < -0.4 is 5.32 Å². The fraction of sp³-hybridized carbons (Fsp3) is 0.562. The van der Waals surface area contributed by atoms with Gasteiger partial charge >= 0.3 is 0 Å². The fourth-order valence-electron chi connectivity index (χ4n) is 2.96. The summed E-state index contributed by atoms with van der Waals surface area (Å²) in [6.07, 6.45) is 2.83. The van der Waals surface area contributed by atoms with Gasteiger partial charge in [0.1, 0.15) is 0 Å². The van der Waals surface area contributed by atoms with E-state index in [2.05, 4.69) is 40.3 Å². The number of nitrogens with zero attached hydrogens (tertiary/aromatic N) is 1.